The van der Waals surface area contributed by atoms with Gasteiger partial charge in [-0.1, -0.05) is 12.1 Å². The fraction of sp³-hybridized carbons (Fsp3) is 0.556. The van der Waals surface area contributed by atoms with Crippen molar-refractivity contribution >= 4 is 13.3 Å². The number of hydrogen-bond donors (Lipinski definition) is 0. The summed E-state index contributed by atoms with van der Waals surface area (Å²) in [4.78, 5) is 10.5. The second-order valence-corrected chi connectivity index (χ2v) is 9.43. The number of hydrogen-bond acceptors (Lipinski definition) is 7. The molecule has 1 heterocycles. The minimum atomic E-state index is -3.58. The van der Waals surface area contributed by atoms with Gasteiger partial charge in [0.1, 0.15) is 5.76 Å². The lowest BCUT2D eigenvalue weighted by Gasteiger charge is -2.37. The zero-order chi connectivity index (χ0) is 20.4. The lowest BCUT2D eigenvalue weighted by atomic mass is 9.92. The van der Waals surface area contributed by atoms with Gasteiger partial charge in [0, 0.05) is 38.7 Å². The molecule has 1 aromatic carbocycles. The fourth-order valence-electron chi connectivity index (χ4n) is 3.10. The van der Waals surface area contributed by atoms with E-state index in [1.807, 2.05) is 20.8 Å². The molecule has 0 unspecified atom stereocenters. The molecule has 8 nitrogen and oxygen atoms in total. The van der Waals surface area contributed by atoms with Gasteiger partial charge in [-0.15, -0.1) is 0 Å². The first-order valence-electron chi connectivity index (χ1n) is 8.52. The van der Waals surface area contributed by atoms with Gasteiger partial charge in [-0.25, -0.2) is 0 Å². The smallest absolute Gasteiger partial charge is 0.360 e. The van der Waals surface area contributed by atoms with Gasteiger partial charge in [0.25, 0.3) is 5.69 Å². The van der Waals surface area contributed by atoms with Crippen molar-refractivity contribution in [3.63, 3.8) is 0 Å². The quantitative estimate of drug-likeness (QED) is 0.379. The van der Waals surface area contributed by atoms with E-state index in [2.05, 4.69) is 0 Å². The highest BCUT2D eigenvalue weighted by Crippen LogP contribution is 2.63. The predicted octanol–water partition coefficient (Wildman–Crippen LogP) is 4.96. The molecular formula is C18H26NO7P. The third-order valence-corrected chi connectivity index (χ3v) is 6.37. The Hall–Kier alpha value is -1.73. The van der Waals surface area contributed by atoms with Crippen molar-refractivity contribution < 1.29 is 28.0 Å². The lowest BCUT2D eigenvalue weighted by molar-refractivity contribution is -0.384. The first-order valence-corrected chi connectivity index (χ1v) is 10.1. The van der Waals surface area contributed by atoms with E-state index in [-0.39, 0.29) is 5.69 Å². The van der Waals surface area contributed by atoms with Crippen molar-refractivity contribution in [2.24, 2.45) is 0 Å². The molecule has 1 aromatic rings. The number of non-ortho nitro benzene ring substituents is 1. The van der Waals surface area contributed by atoms with E-state index in [4.69, 9.17) is 18.5 Å². The maximum absolute atomic E-state index is 13.1. The Bertz CT molecular complexity index is 759. The Balaban J connectivity index is 2.51. The molecule has 1 aliphatic rings. The molecule has 2 atom stereocenters. The Labute approximate surface area is 159 Å². The molecule has 2 rings (SSSR count). The zero-order valence-corrected chi connectivity index (χ0v) is 17.3. The largest absolute Gasteiger partial charge is 0.469 e. The van der Waals surface area contributed by atoms with E-state index in [1.165, 1.54) is 26.4 Å². The molecule has 0 radical (unpaired) electrons. The van der Waals surface area contributed by atoms with Gasteiger partial charge in [-0.2, -0.15) is 0 Å². The number of rotatable bonds is 6. The van der Waals surface area contributed by atoms with Gasteiger partial charge in [-0.3, -0.25) is 14.7 Å². The fourth-order valence-corrected chi connectivity index (χ4v) is 4.72. The van der Waals surface area contributed by atoms with Crippen LogP contribution in [0.2, 0.25) is 0 Å². The number of nitrogens with zero attached hydrogens (tertiary/aromatic N) is 1. The van der Waals surface area contributed by atoms with Crippen LogP contribution in [0.1, 0.15) is 45.6 Å². The van der Waals surface area contributed by atoms with Crippen LogP contribution in [0.4, 0.5) is 5.69 Å². The average molecular weight is 399 g/mol. The van der Waals surface area contributed by atoms with Gasteiger partial charge in [0.2, 0.25) is 6.29 Å². The highest BCUT2D eigenvalue weighted by Gasteiger charge is 2.43. The molecule has 0 aromatic heterocycles. The second kappa shape index (κ2) is 8.10. The first-order chi connectivity index (χ1) is 12.5. The highest BCUT2D eigenvalue weighted by molar-refractivity contribution is 7.58. The molecule has 0 N–H and O–H groups in total. The minimum absolute atomic E-state index is 0.0165. The van der Waals surface area contributed by atoms with Gasteiger partial charge in [0.15, 0.2) is 0 Å². The minimum Gasteiger partial charge on any atom is -0.469 e. The van der Waals surface area contributed by atoms with Crippen molar-refractivity contribution in [2.45, 2.75) is 51.9 Å². The van der Waals surface area contributed by atoms with Gasteiger partial charge in [-0.05, 0) is 33.3 Å². The topological polar surface area (TPSA) is 97.1 Å². The van der Waals surface area contributed by atoms with Crippen LogP contribution in [-0.4, -0.2) is 31.0 Å². The summed E-state index contributed by atoms with van der Waals surface area (Å²) in [6.45, 7) is 7.44. The summed E-state index contributed by atoms with van der Waals surface area (Å²) in [5, 5.41) is 11.3. The third kappa shape index (κ3) is 4.96. The third-order valence-electron chi connectivity index (χ3n) is 4.19. The molecule has 27 heavy (non-hydrogen) atoms. The molecule has 0 bridgehead atoms. The Morgan fingerprint density at radius 2 is 1.74 bits per heavy atom. The Kier molecular flexibility index (Phi) is 6.47. The van der Waals surface area contributed by atoms with E-state index in [0.29, 0.717) is 17.5 Å². The maximum Gasteiger partial charge on any atom is 0.360 e. The molecule has 0 amide bonds. The van der Waals surface area contributed by atoms with E-state index >= 15 is 0 Å². The van der Waals surface area contributed by atoms with Gasteiger partial charge < -0.3 is 18.5 Å². The molecule has 0 fully saturated rings. The van der Waals surface area contributed by atoms with E-state index in [0.717, 1.165) is 5.56 Å². The molecule has 1 aliphatic heterocycles. The van der Waals surface area contributed by atoms with Crippen LogP contribution in [0, 0.1) is 10.1 Å². The molecule has 150 valence electrons. The Morgan fingerprint density at radius 1 is 1.19 bits per heavy atom. The maximum atomic E-state index is 13.1. The summed E-state index contributed by atoms with van der Waals surface area (Å²) < 4.78 is 35.3. The van der Waals surface area contributed by atoms with E-state index < -0.39 is 30.3 Å². The van der Waals surface area contributed by atoms with Gasteiger partial charge in [0.05, 0.1) is 15.8 Å². The van der Waals surface area contributed by atoms with Gasteiger partial charge >= 0.3 is 7.60 Å². The van der Waals surface area contributed by atoms with Crippen molar-refractivity contribution in [3.8, 4) is 0 Å². The Morgan fingerprint density at radius 3 is 2.19 bits per heavy atom. The molecule has 9 heteroatoms. The van der Waals surface area contributed by atoms with Crippen LogP contribution in [0.15, 0.2) is 35.3 Å². The lowest BCUT2D eigenvalue weighted by Crippen LogP contribution is -2.33. The van der Waals surface area contributed by atoms with E-state index in [9.17, 15) is 14.7 Å². The molecule has 0 saturated carbocycles. The number of nitro benzene ring substituents is 1. The number of benzene rings is 1. The van der Waals surface area contributed by atoms with E-state index in [1.54, 1.807) is 19.1 Å². The zero-order valence-electron chi connectivity index (χ0n) is 16.4. The monoisotopic (exact) mass is 399 g/mol. The predicted molar refractivity (Wildman–Crippen MR) is 100 cm³/mol. The standard InChI is InChI=1S/C18H26NO7P/c1-12-17(27(22,23-5)24-6)15(11-16(25-12)26-18(2,3)4)13-7-9-14(10-8-13)19(20)21/h7-10,15-16H,11H2,1-6H3/t15-,16-/m0/s1. The van der Waals surface area contributed by atoms with Crippen LogP contribution in [0.5, 0.6) is 0 Å². The molecule has 0 aliphatic carbocycles. The molecule has 0 saturated heterocycles. The van der Waals surface area contributed by atoms with Crippen LogP contribution >= 0.6 is 7.60 Å². The summed E-state index contributed by atoms with van der Waals surface area (Å²) >= 11 is 0. The SMILES string of the molecule is COP(=O)(OC)C1=C(C)O[C@@H](OC(C)(C)C)C[C@H]1c1ccc([N+](=O)[O-])cc1. The molecule has 0 spiro atoms. The summed E-state index contributed by atoms with van der Waals surface area (Å²) in [6.07, 6.45) is -0.186. The molecular weight excluding hydrogens is 373 g/mol. The normalized spacial score (nSPS) is 21.1. The van der Waals surface area contributed by atoms with Crippen LogP contribution < -0.4 is 0 Å². The second-order valence-electron chi connectivity index (χ2n) is 7.22. The van der Waals surface area contributed by atoms with Crippen LogP contribution in [-0.2, 0) is 23.1 Å². The highest BCUT2D eigenvalue weighted by atomic mass is 31.2. The number of allylic oxidation sites excluding steroid dienone is 2. The summed E-state index contributed by atoms with van der Waals surface area (Å²) in [5.41, 5.74) is 0.293. The summed E-state index contributed by atoms with van der Waals surface area (Å²) in [6, 6.07) is 6.13. The number of ether oxygens (including phenoxy) is 2. The average Bonchev–Trinajstić information content (AvgIpc) is 2.59. The van der Waals surface area contributed by atoms with Crippen LogP contribution in [0.3, 0.4) is 0 Å². The van der Waals surface area contributed by atoms with Crippen LogP contribution in [0.25, 0.3) is 0 Å². The van der Waals surface area contributed by atoms with Crippen molar-refractivity contribution in [2.75, 3.05) is 14.2 Å². The van der Waals surface area contributed by atoms with Crippen molar-refractivity contribution in [1.82, 2.24) is 0 Å². The van der Waals surface area contributed by atoms with Crippen molar-refractivity contribution in [3.05, 3.63) is 51.0 Å². The van der Waals surface area contributed by atoms with Crippen molar-refractivity contribution in [1.29, 1.82) is 0 Å². The summed E-state index contributed by atoms with van der Waals surface area (Å²) in [7, 11) is -0.948. The first kappa shape index (κ1) is 21.6. The summed E-state index contributed by atoms with van der Waals surface area (Å²) in [5.74, 6) is 0.0172. The number of nitro groups is 1.